The molecule has 0 aliphatic carbocycles. The average Bonchev–Trinajstić information content (AvgIpc) is 2.34. The predicted octanol–water partition coefficient (Wildman–Crippen LogP) is 2.22. The Kier molecular flexibility index (Phi) is 6.12. The van der Waals surface area contributed by atoms with Crippen LogP contribution in [0.1, 0.15) is 19.4 Å². The third-order valence-corrected chi connectivity index (χ3v) is 3.39. The third-order valence-electron chi connectivity index (χ3n) is 3.04. The van der Waals surface area contributed by atoms with Gasteiger partial charge in [0.2, 0.25) is 5.91 Å². The first-order chi connectivity index (χ1) is 8.97. The number of benzene rings is 1. The molecule has 0 aromatic heterocycles. The van der Waals surface area contributed by atoms with E-state index in [9.17, 15) is 4.79 Å². The molecular weight excluding hydrogens is 262 g/mol. The minimum absolute atomic E-state index is 0.138. The van der Waals surface area contributed by atoms with Gasteiger partial charge in [-0.05, 0) is 38.6 Å². The van der Waals surface area contributed by atoms with Gasteiger partial charge >= 0.3 is 0 Å². The van der Waals surface area contributed by atoms with Crippen LogP contribution < -0.4 is 5.73 Å². The molecule has 0 saturated carbocycles. The Bertz CT molecular complexity index is 433. The summed E-state index contributed by atoms with van der Waals surface area (Å²) in [5.74, 6) is 0.138. The highest BCUT2D eigenvalue weighted by atomic mass is 35.5. The summed E-state index contributed by atoms with van der Waals surface area (Å²) in [4.78, 5) is 15.8. The fourth-order valence-electron chi connectivity index (χ4n) is 1.95. The molecule has 0 spiro atoms. The lowest BCUT2D eigenvalue weighted by molar-refractivity contribution is -0.131. The van der Waals surface area contributed by atoms with Crippen LogP contribution in [-0.2, 0) is 11.3 Å². The lowest BCUT2D eigenvalue weighted by Gasteiger charge is -2.23. The van der Waals surface area contributed by atoms with Crippen molar-refractivity contribution < 1.29 is 4.79 Å². The number of likely N-dealkylation sites (N-methyl/N-ethyl adjacent to an activating group) is 2. The van der Waals surface area contributed by atoms with Crippen LogP contribution in [0.15, 0.2) is 18.2 Å². The first-order valence-electron chi connectivity index (χ1n) is 6.48. The molecule has 1 amide bonds. The number of anilines is 1. The van der Waals surface area contributed by atoms with Gasteiger partial charge in [0.25, 0.3) is 0 Å². The van der Waals surface area contributed by atoms with Crippen LogP contribution in [-0.4, -0.2) is 42.4 Å². The zero-order chi connectivity index (χ0) is 14.4. The van der Waals surface area contributed by atoms with Crippen LogP contribution in [0.4, 0.5) is 5.69 Å². The first-order valence-corrected chi connectivity index (χ1v) is 6.85. The van der Waals surface area contributed by atoms with Crippen LogP contribution in [0, 0.1) is 0 Å². The van der Waals surface area contributed by atoms with E-state index in [0.717, 1.165) is 18.7 Å². The quantitative estimate of drug-likeness (QED) is 0.815. The summed E-state index contributed by atoms with van der Waals surface area (Å²) in [6.07, 6.45) is 0. The maximum absolute atomic E-state index is 12.0. The molecule has 2 N–H and O–H groups in total. The summed E-state index contributed by atoms with van der Waals surface area (Å²) in [6.45, 7) is 6.47. The molecule has 0 atom stereocenters. The number of rotatable bonds is 6. The normalized spacial score (nSPS) is 10.8. The van der Waals surface area contributed by atoms with Crippen LogP contribution >= 0.6 is 11.6 Å². The molecule has 0 aliphatic rings. The Balaban J connectivity index is 2.60. The molecule has 0 saturated heterocycles. The fraction of sp³-hybridized carbons (Fsp3) is 0.500. The number of amides is 1. The SMILES string of the molecule is CCN(CC)C(=O)CN(C)Cc1ccc(N)cc1Cl. The Morgan fingerprint density at radius 3 is 2.47 bits per heavy atom. The number of nitrogens with two attached hydrogens (primary N) is 1. The van der Waals surface area contributed by atoms with Crippen LogP contribution in [0.3, 0.4) is 0 Å². The summed E-state index contributed by atoms with van der Waals surface area (Å²) < 4.78 is 0. The van der Waals surface area contributed by atoms with Crippen molar-refractivity contribution in [2.45, 2.75) is 20.4 Å². The van der Waals surface area contributed by atoms with E-state index in [-0.39, 0.29) is 5.91 Å². The average molecular weight is 284 g/mol. The summed E-state index contributed by atoms with van der Waals surface area (Å²) >= 11 is 6.13. The van der Waals surface area contributed by atoms with Crippen molar-refractivity contribution in [2.24, 2.45) is 0 Å². The van der Waals surface area contributed by atoms with Gasteiger partial charge in [-0.2, -0.15) is 0 Å². The van der Waals surface area contributed by atoms with Crippen molar-refractivity contribution in [1.82, 2.24) is 9.80 Å². The number of hydrogen-bond donors (Lipinski definition) is 1. The van der Waals surface area contributed by atoms with E-state index in [2.05, 4.69) is 0 Å². The van der Waals surface area contributed by atoms with Crippen LogP contribution in [0.5, 0.6) is 0 Å². The Morgan fingerprint density at radius 1 is 1.32 bits per heavy atom. The first kappa shape index (κ1) is 15.8. The van der Waals surface area contributed by atoms with Gasteiger partial charge < -0.3 is 10.6 Å². The molecule has 1 aromatic carbocycles. The van der Waals surface area contributed by atoms with E-state index >= 15 is 0 Å². The van der Waals surface area contributed by atoms with Crippen molar-refractivity contribution in [3.63, 3.8) is 0 Å². The van der Waals surface area contributed by atoms with E-state index in [1.54, 1.807) is 6.07 Å². The molecule has 0 heterocycles. The van der Waals surface area contributed by atoms with Crippen molar-refractivity contribution in [3.8, 4) is 0 Å². The molecule has 1 aromatic rings. The van der Waals surface area contributed by atoms with E-state index < -0.39 is 0 Å². The van der Waals surface area contributed by atoms with Crippen molar-refractivity contribution in [1.29, 1.82) is 0 Å². The molecule has 106 valence electrons. The van der Waals surface area contributed by atoms with Crippen molar-refractivity contribution >= 4 is 23.2 Å². The van der Waals surface area contributed by atoms with Crippen LogP contribution in [0.2, 0.25) is 5.02 Å². The smallest absolute Gasteiger partial charge is 0.236 e. The lowest BCUT2D eigenvalue weighted by Crippen LogP contribution is -2.38. The number of nitrogens with zero attached hydrogens (tertiary/aromatic N) is 2. The fourth-order valence-corrected chi connectivity index (χ4v) is 2.19. The minimum Gasteiger partial charge on any atom is -0.399 e. The van der Waals surface area contributed by atoms with Gasteiger partial charge in [-0.1, -0.05) is 17.7 Å². The Morgan fingerprint density at radius 2 is 1.95 bits per heavy atom. The largest absolute Gasteiger partial charge is 0.399 e. The highest BCUT2D eigenvalue weighted by Crippen LogP contribution is 2.20. The monoisotopic (exact) mass is 283 g/mol. The minimum atomic E-state index is 0.138. The van der Waals surface area contributed by atoms with E-state index in [4.69, 9.17) is 17.3 Å². The molecule has 0 aliphatic heterocycles. The third kappa shape index (κ3) is 4.73. The second-order valence-electron chi connectivity index (χ2n) is 4.59. The number of carbonyl (C=O) groups is 1. The highest BCUT2D eigenvalue weighted by Gasteiger charge is 2.13. The van der Waals surface area contributed by atoms with E-state index in [1.807, 2.05) is 42.8 Å². The molecule has 19 heavy (non-hydrogen) atoms. The van der Waals surface area contributed by atoms with Crippen molar-refractivity contribution in [3.05, 3.63) is 28.8 Å². The maximum Gasteiger partial charge on any atom is 0.236 e. The van der Waals surface area contributed by atoms with Crippen molar-refractivity contribution in [2.75, 3.05) is 32.4 Å². The second kappa shape index (κ2) is 7.36. The summed E-state index contributed by atoms with van der Waals surface area (Å²) in [5.41, 5.74) is 7.28. The summed E-state index contributed by atoms with van der Waals surface area (Å²) in [6, 6.07) is 5.45. The number of nitrogen functional groups attached to an aromatic ring is 1. The molecule has 0 bridgehead atoms. The van der Waals surface area contributed by atoms with E-state index in [1.165, 1.54) is 0 Å². The molecule has 0 radical (unpaired) electrons. The van der Waals surface area contributed by atoms with Gasteiger partial charge in [0.05, 0.1) is 6.54 Å². The van der Waals surface area contributed by atoms with Gasteiger partial charge in [-0.25, -0.2) is 0 Å². The molecule has 4 nitrogen and oxygen atoms in total. The number of carbonyl (C=O) groups excluding carboxylic acids is 1. The van der Waals surface area contributed by atoms with Crippen LogP contribution in [0.25, 0.3) is 0 Å². The summed E-state index contributed by atoms with van der Waals surface area (Å²) in [7, 11) is 1.91. The Hall–Kier alpha value is -1.26. The zero-order valence-corrected chi connectivity index (χ0v) is 12.6. The van der Waals surface area contributed by atoms with E-state index in [0.29, 0.717) is 23.8 Å². The van der Waals surface area contributed by atoms with Gasteiger partial charge in [0.15, 0.2) is 0 Å². The molecule has 0 unspecified atom stereocenters. The number of halogens is 1. The molecule has 0 fully saturated rings. The molecule has 5 heteroatoms. The van der Waals surface area contributed by atoms with Gasteiger partial charge in [-0.3, -0.25) is 9.69 Å². The zero-order valence-electron chi connectivity index (χ0n) is 11.8. The summed E-state index contributed by atoms with van der Waals surface area (Å²) in [5, 5.41) is 0.641. The topological polar surface area (TPSA) is 49.6 Å². The maximum atomic E-state index is 12.0. The highest BCUT2D eigenvalue weighted by molar-refractivity contribution is 6.31. The Labute approximate surface area is 120 Å². The van der Waals surface area contributed by atoms with Gasteiger partial charge in [0, 0.05) is 30.3 Å². The van der Waals surface area contributed by atoms with Gasteiger partial charge in [0.1, 0.15) is 0 Å². The predicted molar refractivity (Wildman–Crippen MR) is 80.1 cm³/mol. The van der Waals surface area contributed by atoms with Gasteiger partial charge in [-0.15, -0.1) is 0 Å². The number of hydrogen-bond acceptors (Lipinski definition) is 3. The lowest BCUT2D eigenvalue weighted by atomic mass is 10.2. The second-order valence-corrected chi connectivity index (χ2v) is 5.00. The molecular formula is C14H22ClN3O. The standard InChI is InChI=1S/C14H22ClN3O/c1-4-18(5-2)14(19)10-17(3)9-11-6-7-12(16)8-13(11)15/h6-8H,4-5,9-10,16H2,1-3H3. The molecule has 1 rings (SSSR count).